The van der Waals surface area contributed by atoms with E-state index in [1.54, 1.807) is 30.3 Å². The van der Waals surface area contributed by atoms with Crippen molar-refractivity contribution in [3.05, 3.63) is 30.3 Å². The Balaban J connectivity index is 2.26. The molecule has 0 saturated carbocycles. The minimum atomic E-state index is -3.05. The first kappa shape index (κ1) is 13.9. The van der Waals surface area contributed by atoms with Crippen molar-refractivity contribution in [3.8, 4) is 5.75 Å². The Morgan fingerprint density at radius 1 is 1.00 bits per heavy atom. The number of hydrogen-bond donors (Lipinski definition) is 0. The summed E-state index contributed by atoms with van der Waals surface area (Å²) in [5.41, 5.74) is 0. The lowest BCUT2D eigenvalue weighted by Crippen LogP contribution is -2.24. The summed E-state index contributed by atoms with van der Waals surface area (Å²) >= 11 is 0. The molecule has 0 aliphatic rings. The summed E-state index contributed by atoms with van der Waals surface area (Å²) in [5.74, 6) is 0.228. The zero-order chi connectivity index (χ0) is 12.6. The summed E-state index contributed by atoms with van der Waals surface area (Å²) in [6.07, 6.45) is 1.38. The van der Waals surface area contributed by atoms with Crippen molar-refractivity contribution in [3.63, 3.8) is 0 Å². The third-order valence-electron chi connectivity index (χ3n) is 2.58. The number of ether oxygens (including phenoxy) is 1. The largest absolute Gasteiger partial charge is 0.433 e. The first-order valence-electron chi connectivity index (χ1n) is 6.26. The van der Waals surface area contributed by atoms with Crippen molar-refractivity contribution < 1.29 is 13.5 Å². The van der Waals surface area contributed by atoms with E-state index in [0.717, 1.165) is 25.7 Å². The Kier molecular flexibility index (Phi) is 5.95. The average Bonchev–Trinajstić information content (AvgIpc) is 2.29. The Labute approximate surface area is 102 Å². The summed E-state index contributed by atoms with van der Waals surface area (Å²) in [4.78, 5) is 0. The molecule has 0 spiro atoms. The van der Waals surface area contributed by atoms with Gasteiger partial charge in [0.2, 0.25) is 0 Å². The van der Waals surface area contributed by atoms with Crippen molar-refractivity contribution in [2.24, 2.45) is 0 Å². The molecule has 3 heteroatoms. The van der Waals surface area contributed by atoms with Crippen LogP contribution in [0, 0.1) is 0 Å². The van der Waals surface area contributed by atoms with E-state index in [2.05, 4.69) is 11.7 Å². The van der Waals surface area contributed by atoms with Gasteiger partial charge in [-0.25, -0.2) is 0 Å². The van der Waals surface area contributed by atoms with E-state index in [1.807, 2.05) is 0 Å². The molecule has 96 valence electrons. The quantitative estimate of drug-likeness (QED) is 0.582. The Hall–Kier alpha value is -1.12. The molecule has 1 nitrogen and oxygen atoms in total. The van der Waals surface area contributed by atoms with Gasteiger partial charge in [0.25, 0.3) is 0 Å². The number of halogens is 2. The van der Waals surface area contributed by atoms with E-state index >= 15 is 0 Å². The summed E-state index contributed by atoms with van der Waals surface area (Å²) < 4.78 is 31.5. The lowest BCUT2D eigenvalue weighted by Gasteiger charge is -2.17. The summed E-state index contributed by atoms with van der Waals surface area (Å²) in [6, 6.07) is 8.24. The van der Waals surface area contributed by atoms with Crippen LogP contribution < -0.4 is 4.74 Å². The van der Waals surface area contributed by atoms with Crippen molar-refractivity contribution in [2.45, 2.75) is 51.6 Å². The van der Waals surface area contributed by atoms with Gasteiger partial charge in [0.15, 0.2) is 0 Å². The van der Waals surface area contributed by atoms with Crippen LogP contribution in [0.15, 0.2) is 30.3 Å². The molecule has 1 rings (SSSR count). The highest BCUT2D eigenvalue weighted by Crippen LogP contribution is 2.26. The summed E-state index contributed by atoms with van der Waals surface area (Å²) in [5, 5.41) is 0. The highest BCUT2D eigenvalue weighted by molar-refractivity contribution is 5.21. The molecule has 1 aromatic rings. The molecule has 0 atom stereocenters. The van der Waals surface area contributed by atoms with Crippen molar-refractivity contribution >= 4 is 0 Å². The number of unbranched alkanes of at least 4 members (excludes halogenated alkanes) is 4. The lowest BCUT2D eigenvalue weighted by molar-refractivity contribution is -0.181. The molecule has 0 bridgehead atoms. The maximum atomic E-state index is 13.4. The Morgan fingerprint density at radius 2 is 1.65 bits per heavy atom. The molecule has 0 aliphatic carbocycles. The maximum absolute atomic E-state index is 13.4. The fourth-order valence-corrected chi connectivity index (χ4v) is 1.65. The summed E-state index contributed by atoms with van der Waals surface area (Å²) in [6.45, 7) is 2.10. The van der Waals surface area contributed by atoms with Gasteiger partial charge in [-0.2, -0.15) is 8.78 Å². The molecule has 0 unspecified atom stereocenters. The van der Waals surface area contributed by atoms with E-state index in [0.29, 0.717) is 6.42 Å². The highest BCUT2D eigenvalue weighted by Gasteiger charge is 2.30. The minimum Gasteiger partial charge on any atom is -0.433 e. The molecular weight excluding hydrogens is 222 g/mol. The molecule has 0 N–H and O–H groups in total. The number of benzene rings is 1. The first-order valence-corrected chi connectivity index (χ1v) is 6.26. The van der Waals surface area contributed by atoms with Crippen LogP contribution in [-0.2, 0) is 0 Å². The van der Waals surface area contributed by atoms with Gasteiger partial charge >= 0.3 is 6.11 Å². The molecule has 0 aromatic heterocycles. The highest BCUT2D eigenvalue weighted by atomic mass is 19.3. The van der Waals surface area contributed by atoms with Crippen LogP contribution >= 0.6 is 0 Å². The second-order valence-electron chi connectivity index (χ2n) is 4.22. The lowest BCUT2D eigenvalue weighted by atomic mass is 10.1. The van der Waals surface area contributed by atoms with Gasteiger partial charge in [-0.1, -0.05) is 50.8 Å². The smallest absolute Gasteiger partial charge is 0.397 e. The van der Waals surface area contributed by atoms with Crippen LogP contribution in [0.2, 0.25) is 0 Å². The van der Waals surface area contributed by atoms with Crippen molar-refractivity contribution in [1.82, 2.24) is 0 Å². The van der Waals surface area contributed by atoms with Gasteiger partial charge < -0.3 is 4.74 Å². The molecule has 17 heavy (non-hydrogen) atoms. The number of alkyl halides is 2. The van der Waals surface area contributed by atoms with Crippen molar-refractivity contribution in [1.29, 1.82) is 0 Å². The first-order chi connectivity index (χ1) is 8.14. The monoisotopic (exact) mass is 242 g/mol. The predicted octanol–water partition coefficient (Wildman–Crippen LogP) is 5.02. The normalized spacial score (nSPS) is 11.5. The van der Waals surface area contributed by atoms with Gasteiger partial charge in [-0.05, 0) is 18.6 Å². The third-order valence-corrected chi connectivity index (χ3v) is 2.58. The number of para-hydroxylation sites is 1. The van der Waals surface area contributed by atoms with Crippen LogP contribution in [0.3, 0.4) is 0 Å². The van der Waals surface area contributed by atoms with E-state index in [1.165, 1.54) is 0 Å². The van der Waals surface area contributed by atoms with Gasteiger partial charge in [-0.3, -0.25) is 0 Å². The second-order valence-corrected chi connectivity index (χ2v) is 4.22. The molecular formula is C14H20F2O. The fraction of sp³-hybridized carbons (Fsp3) is 0.571. The maximum Gasteiger partial charge on any atom is 0.397 e. The van der Waals surface area contributed by atoms with Crippen molar-refractivity contribution in [2.75, 3.05) is 0 Å². The molecule has 0 heterocycles. The summed E-state index contributed by atoms with van der Waals surface area (Å²) in [7, 11) is 0. The molecule has 0 amide bonds. The Bertz CT molecular complexity index is 298. The van der Waals surface area contributed by atoms with Gasteiger partial charge in [0.1, 0.15) is 5.75 Å². The van der Waals surface area contributed by atoms with Gasteiger partial charge in [0, 0.05) is 0 Å². The zero-order valence-electron chi connectivity index (χ0n) is 10.3. The SMILES string of the molecule is CCCCCCCC(F)(F)Oc1ccccc1. The van der Waals surface area contributed by atoms with Crippen LogP contribution in [-0.4, -0.2) is 6.11 Å². The second kappa shape index (κ2) is 7.25. The van der Waals surface area contributed by atoms with Crippen LogP contribution in [0.1, 0.15) is 45.4 Å². The van der Waals surface area contributed by atoms with Crippen LogP contribution in [0.4, 0.5) is 8.78 Å². The molecule has 1 aromatic carbocycles. The average molecular weight is 242 g/mol. The Morgan fingerprint density at radius 3 is 2.29 bits per heavy atom. The van der Waals surface area contributed by atoms with E-state index in [-0.39, 0.29) is 12.2 Å². The minimum absolute atomic E-state index is 0.203. The van der Waals surface area contributed by atoms with Gasteiger partial charge in [-0.15, -0.1) is 0 Å². The van der Waals surface area contributed by atoms with Crippen LogP contribution in [0.5, 0.6) is 5.75 Å². The third kappa shape index (κ3) is 6.25. The van der Waals surface area contributed by atoms with E-state index in [9.17, 15) is 8.78 Å². The van der Waals surface area contributed by atoms with Crippen LogP contribution in [0.25, 0.3) is 0 Å². The molecule has 0 radical (unpaired) electrons. The standard InChI is InChI=1S/C14H20F2O/c1-2-3-4-5-9-12-14(15,16)17-13-10-7-6-8-11-13/h6-8,10-11H,2-5,9,12H2,1H3. The predicted molar refractivity (Wildman–Crippen MR) is 65.4 cm³/mol. The molecule has 0 aliphatic heterocycles. The number of hydrogen-bond acceptors (Lipinski definition) is 1. The van der Waals surface area contributed by atoms with Gasteiger partial charge in [0.05, 0.1) is 6.42 Å². The fourth-order valence-electron chi connectivity index (χ4n) is 1.65. The van der Waals surface area contributed by atoms with E-state index in [4.69, 9.17) is 0 Å². The molecule has 0 saturated heterocycles. The topological polar surface area (TPSA) is 9.23 Å². The molecule has 0 fully saturated rings. The van der Waals surface area contributed by atoms with E-state index < -0.39 is 6.11 Å². The number of rotatable bonds is 8. The zero-order valence-corrected chi connectivity index (χ0v) is 10.3.